The number of aromatic nitrogens is 1. The van der Waals surface area contributed by atoms with Gasteiger partial charge in [-0.2, -0.15) is 0 Å². The number of rotatable bonds is 11. The van der Waals surface area contributed by atoms with E-state index in [1.807, 2.05) is 0 Å². The molecule has 0 aliphatic heterocycles. The van der Waals surface area contributed by atoms with E-state index < -0.39 is 5.54 Å². The lowest BCUT2D eigenvalue weighted by molar-refractivity contribution is 0.644. The summed E-state index contributed by atoms with van der Waals surface area (Å²) in [5.74, 6) is 0. The first kappa shape index (κ1) is 44.7. The standard InChI is InChI=1S/C73H51N3/c1-7-26-52(27-8-1)60-38-20-23-44-69(60)74(59-47-49-66-65-40-21-24-45-70(65)75(71(66)51-59)72-61(53-28-9-2-10-29-53)41-25-42-62(72)54-30-11-3-12-31-54)58-46-48-64-63-39-19-22-43-67(63)73(68(64)50-58,55-32-13-4-14-33-55)76(56-34-15-5-16-35-56)57-36-17-6-18-37-57/h1-51H. The molecule has 0 radical (unpaired) electrons. The van der Waals surface area contributed by atoms with Gasteiger partial charge in [0.1, 0.15) is 5.54 Å². The SMILES string of the molecule is c1ccc(-c2ccccc2N(c2ccc3c(c2)C(c2ccccc2)(N(c2ccccc2)c2ccccc2)c2ccccc2-3)c2ccc3c4ccccc4n(-c4c(-c5ccccc5)cccc4-c4ccccc4)c3c2)cc1. The van der Waals surface area contributed by atoms with Gasteiger partial charge in [0.2, 0.25) is 0 Å². The van der Waals surface area contributed by atoms with Crippen LogP contribution in [0.3, 0.4) is 0 Å². The van der Waals surface area contributed by atoms with Crippen molar-refractivity contribution in [2.24, 2.45) is 0 Å². The zero-order chi connectivity index (χ0) is 50.4. The Morgan fingerprint density at radius 1 is 0.276 bits per heavy atom. The van der Waals surface area contributed by atoms with Crippen LogP contribution in [0.25, 0.3) is 72.0 Å². The van der Waals surface area contributed by atoms with Crippen molar-refractivity contribution in [1.29, 1.82) is 0 Å². The monoisotopic (exact) mass is 969 g/mol. The first-order valence-corrected chi connectivity index (χ1v) is 26.2. The highest BCUT2D eigenvalue weighted by molar-refractivity contribution is 6.12. The predicted molar refractivity (Wildman–Crippen MR) is 319 cm³/mol. The normalized spacial score (nSPS) is 13.6. The molecule has 13 aromatic rings. The number of hydrogen-bond acceptors (Lipinski definition) is 2. The molecule has 0 saturated heterocycles. The summed E-state index contributed by atoms with van der Waals surface area (Å²) in [5, 5.41) is 2.39. The van der Waals surface area contributed by atoms with Crippen LogP contribution in [0.2, 0.25) is 0 Å². The van der Waals surface area contributed by atoms with E-state index >= 15 is 0 Å². The second kappa shape index (κ2) is 18.8. The Labute approximate surface area is 444 Å². The molecule has 1 aromatic heterocycles. The van der Waals surface area contributed by atoms with Gasteiger partial charge < -0.3 is 14.4 Å². The number of fused-ring (bicyclic) bond motifs is 6. The largest absolute Gasteiger partial charge is 0.323 e. The maximum absolute atomic E-state index is 2.57. The molecule has 0 saturated carbocycles. The summed E-state index contributed by atoms with van der Waals surface area (Å²) in [4.78, 5) is 5.07. The molecule has 1 aliphatic carbocycles. The third-order valence-electron chi connectivity index (χ3n) is 15.4. The fourth-order valence-electron chi connectivity index (χ4n) is 12.2. The van der Waals surface area contributed by atoms with Crippen molar-refractivity contribution in [1.82, 2.24) is 4.57 Å². The number of para-hydroxylation sites is 5. The van der Waals surface area contributed by atoms with E-state index in [0.29, 0.717) is 0 Å². The van der Waals surface area contributed by atoms with Crippen molar-refractivity contribution in [2.75, 3.05) is 9.80 Å². The van der Waals surface area contributed by atoms with E-state index in [1.54, 1.807) is 0 Å². The quantitative estimate of drug-likeness (QED) is 0.128. The topological polar surface area (TPSA) is 11.4 Å². The third-order valence-corrected chi connectivity index (χ3v) is 15.4. The molecule has 0 N–H and O–H groups in total. The molecule has 0 bridgehead atoms. The lowest BCUT2D eigenvalue weighted by Crippen LogP contribution is -2.44. The first-order valence-electron chi connectivity index (χ1n) is 26.2. The Hall–Kier alpha value is -9.96. The second-order valence-corrected chi connectivity index (χ2v) is 19.6. The Balaban J connectivity index is 1.08. The maximum Gasteiger partial charge on any atom is 0.122 e. The maximum atomic E-state index is 2.57. The van der Waals surface area contributed by atoms with Crippen molar-refractivity contribution < 1.29 is 0 Å². The van der Waals surface area contributed by atoms with Gasteiger partial charge in [-0.3, -0.25) is 0 Å². The van der Waals surface area contributed by atoms with Crippen LogP contribution in [0.1, 0.15) is 16.7 Å². The average Bonchev–Trinajstić information content (AvgIpc) is 4.18. The lowest BCUT2D eigenvalue weighted by Gasteiger charge is -2.45. The summed E-state index contributed by atoms with van der Waals surface area (Å²) < 4.78 is 2.53. The van der Waals surface area contributed by atoms with Gasteiger partial charge in [0.15, 0.2) is 0 Å². The Morgan fingerprint density at radius 3 is 1.36 bits per heavy atom. The minimum Gasteiger partial charge on any atom is -0.323 e. The average molecular weight is 970 g/mol. The van der Waals surface area contributed by atoms with Crippen LogP contribution in [-0.2, 0) is 5.54 Å². The van der Waals surface area contributed by atoms with Gasteiger partial charge in [-0.25, -0.2) is 0 Å². The summed E-state index contributed by atoms with van der Waals surface area (Å²) in [7, 11) is 0. The highest BCUT2D eigenvalue weighted by atomic mass is 15.2. The van der Waals surface area contributed by atoms with Crippen LogP contribution < -0.4 is 9.80 Å². The number of benzene rings is 12. The molecular weight excluding hydrogens is 919 g/mol. The molecule has 1 unspecified atom stereocenters. The molecule has 0 spiro atoms. The summed E-state index contributed by atoms with van der Waals surface area (Å²) in [6.45, 7) is 0. The summed E-state index contributed by atoms with van der Waals surface area (Å²) >= 11 is 0. The summed E-state index contributed by atoms with van der Waals surface area (Å²) in [5.41, 5.74) is 21.0. The number of anilines is 5. The zero-order valence-corrected chi connectivity index (χ0v) is 41.8. The molecule has 1 heterocycles. The Bertz CT molecular complexity index is 4110. The van der Waals surface area contributed by atoms with Gasteiger partial charge in [0.05, 0.1) is 22.4 Å². The van der Waals surface area contributed by atoms with Crippen molar-refractivity contribution in [3.63, 3.8) is 0 Å². The van der Waals surface area contributed by atoms with Crippen LogP contribution in [0.15, 0.2) is 309 Å². The fourth-order valence-corrected chi connectivity index (χ4v) is 12.2. The van der Waals surface area contributed by atoms with E-state index in [0.717, 1.165) is 78.5 Å². The van der Waals surface area contributed by atoms with Crippen molar-refractivity contribution in [3.8, 4) is 50.2 Å². The van der Waals surface area contributed by atoms with Crippen LogP contribution in [-0.4, -0.2) is 4.57 Å². The van der Waals surface area contributed by atoms with E-state index in [-0.39, 0.29) is 0 Å². The van der Waals surface area contributed by atoms with Crippen molar-refractivity contribution >= 4 is 50.2 Å². The molecule has 3 nitrogen and oxygen atoms in total. The van der Waals surface area contributed by atoms with Gasteiger partial charge in [-0.1, -0.05) is 249 Å². The zero-order valence-electron chi connectivity index (χ0n) is 41.8. The van der Waals surface area contributed by atoms with E-state index in [9.17, 15) is 0 Å². The molecule has 358 valence electrons. The fraction of sp³-hybridized carbons (Fsp3) is 0.0137. The lowest BCUT2D eigenvalue weighted by atomic mass is 9.78. The van der Waals surface area contributed by atoms with Crippen LogP contribution in [0, 0.1) is 0 Å². The van der Waals surface area contributed by atoms with E-state index in [1.165, 1.54) is 38.6 Å². The molecule has 12 aromatic carbocycles. The second-order valence-electron chi connectivity index (χ2n) is 19.6. The Morgan fingerprint density at radius 2 is 0.724 bits per heavy atom. The van der Waals surface area contributed by atoms with E-state index in [4.69, 9.17) is 0 Å². The van der Waals surface area contributed by atoms with Crippen molar-refractivity contribution in [3.05, 3.63) is 326 Å². The smallest absolute Gasteiger partial charge is 0.122 e. The van der Waals surface area contributed by atoms with Gasteiger partial charge in [0.25, 0.3) is 0 Å². The molecule has 0 amide bonds. The van der Waals surface area contributed by atoms with Crippen LogP contribution in [0.5, 0.6) is 0 Å². The minimum atomic E-state index is -0.790. The highest BCUT2D eigenvalue weighted by Crippen LogP contribution is 2.59. The Kier molecular flexibility index (Phi) is 11.1. The van der Waals surface area contributed by atoms with Crippen LogP contribution >= 0.6 is 0 Å². The molecule has 3 heteroatoms. The molecule has 76 heavy (non-hydrogen) atoms. The van der Waals surface area contributed by atoms with E-state index in [2.05, 4.69) is 324 Å². The summed E-state index contributed by atoms with van der Waals surface area (Å²) in [6, 6.07) is 113. The van der Waals surface area contributed by atoms with Gasteiger partial charge in [0, 0.05) is 50.2 Å². The van der Waals surface area contributed by atoms with Gasteiger partial charge in [-0.05, 0) is 105 Å². The number of hydrogen-bond donors (Lipinski definition) is 0. The van der Waals surface area contributed by atoms with Crippen LogP contribution in [0.4, 0.5) is 28.4 Å². The minimum absolute atomic E-state index is 0.790. The number of nitrogens with zero attached hydrogens (tertiary/aromatic N) is 3. The first-order chi connectivity index (χ1) is 37.8. The molecular formula is C73H51N3. The molecule has 14 rings (SSSR count). The molecule has 1 aliphatic rings. The third kappa shape index (κ3) is 7.27. The molecule has 0 fully saturated rings. The van der Waals surface area contributed by atoms with Crippen molar-refractivity contribution in [2.45, 2.75) is 5.54 Å². The van der Waals surface area contributed by atoms with Gasteiger partial charge >= 0.3 is 0 Å². The summed E-state index contributed by atoms with van der Waals surface area (Å²) in [6.07, 6.45) is 0. The predicted octanol–water partition coefficient (Wildman–Crippen LogP) is 19.4. The molecule has 1 atom stereocenters. The highest BCUT2D eigenvalue weighted by Gasteiger charge is 2.50. The van der Waals surface area contributed by atoms with Gasteiger partial charge in [-0.15, -0.1) is 0 Å².